The van der Waals surface area contributed by atoms with Crippen molar-refractivity contribution >= 4 is 22.7 Å². The highest BCUT2D eigenvalue weighted by Crippen LogP contribution is 2.26. The number of nitrogens with one attached hydrogen (secondary N) is 1. The van der Waals surface area contributed by atoms with Gasteiger partial charge in [-0.15, -0.1) is 11.3 Å². The monoisotopic (exact) mass is 265 g/mol. The van der Waals surface area contributed by atoms with Gasteiger partial charge in [-0.05, 0) is 46.2 Å². The first-order chi connectivity index (χ1) is 8.18. The van der Waals surface area contributed by atoms with E-state index in [0.717, 1.165) is 6.54 Å². The van der Waals surface area contributed by atoms with Crippen molar-refractivity contribution in [3.05, 3.63) is 44.3 Å². The van der Waals surface area contributed by atoms with Gasteiger partial charge in [0.2, 0.25) is 0 Å². The summed E-state index contributed by atoms with van der Waals surface area (Å²) in [5.41, 5.74) is 2.83. The van der Waals surface area contributed by atoms with Crippen LogP contribution in [0.5, 0.6) is 0 Å². The van der Waals surface area contributed by atoms with Crippen molar-refractivity contribution in [2.45, 2.75) is 33.4 Å². The van der Waals surface area contributed by atoms with Gasteiger partial charge in [-0.25, -0.2) is 0 Å². The van der Waals surface area contributed by atoms with Crippen LogP contribution >= 0.6 is 22.7 Å². The molecule has 0 fully saturated rings. The molecule has 0 radical (unpaired) electrons. The largest absolute Gasteiger partial charge is 0.305 e. The van der Waals surface area contributed by atoms with Crippen molar-refractivity contribution < 1.29 is 0 Å². The van der Waals surface area contributed by atoms with Gasteiger partial charge in [0, 0.05) is 17.5 Å². The molecular weight excluding hydrogens is 246 g/mol. The van der Waals surface area contributed by atoms with Crippen molar-refractivity contribution in [1.82, 2.24) is 5.32 Å². The molecule has 2 aromatic rings. The lowest BCUT2D eigenvalue weighted by molar-refractivity contribution is 0.416. The Morgan fingerprint density at radius 1 is 1.29 bits per heavy atom. The molecule has 3 heteroatoms. The average Bonchev–Trinajstić information content (AvgIpc) is 2.91. The third-order valence-corrected chi connectivity index (χ3v) is 4.86. The van der Waals surface area contributed by atoms with Crippen molar-refractivity contribution in [3.8, 4) is 0 Å². The second-order valence-electron chi connectivity index (χ2n) is 4.70. The fourth-order valence-electron chi connectivity index (χ4n) is 1.92. The van der Waals surface area contributed by atoms with E-state index in [1.807, 2.05) is 11.3 Å². The summed E-state index contributed by atoms with van der Waals surface area (Å²) in [6.45, 7) is 7.70. The maximum absolute atomic E-state index is 3.68. The molecule has 0 spiro atoms. The van der Waals surface area contributed by atoms with E-state index in [0.29, 0.717) is 12.0 Å². The molecule has 1 nitrogen and oxygen atoms in total. The zero-order chi connectivity index (χ0) is 12.3. The summed E-state index contributed by atoms with van der Waals surface area (Å²) >= 11 is 3.63. The molecule has 17 heavy (non-hydrogen) atoms. The summed E-state index contributed by atoms with van der Waals surface area (Å²) in [5, 5.41) is 10.3. The summed E-state index contributed by atoms with van der Waals surface area (Å²) in [5.74, 6) is 0.618. The van der Waals surface area contributed by atoms with E-state index in [-0.39, 0.29) is 0 Å². The topological polar surface area (TPSA) is 12.0 Å². The molecule has 92 valence electrons. The Kier molecular flexibility index (Phi) is 4.37. The lowest BCUT2D eigenvalue weighted by atomic mass is 10.0. The fourth-order valence-corrected chi connectivity index (χ4v) is 3.75. The number of aryl methyl sites for hydroxylation is 1. The zero-order valence-corrected chi connectivity index (χ0v) is 12.2. The maximum atomic E-state index is 3.68. The van der Waals surface area contributed by atoms with Crippen LogP contribution in [0.15, 0.2) is 28.3 Å². The Labute approximate surface area is 112 Å². The van der Waals surface area contributed by atoms with Gasteiger partial charge in [-0.1, -0.05) is 19.9 Å². The van der Waals surface area contributed by atoms with E-state index in [1.54, 1.807) is 11.3 Å². The van der Waals surface area contributed by atoms with Crippen LogP contribution < -0.4 is 5.32 Å². The molecule has 0 saturated carbocycles. The predicted octanol–water partition coefficient (Wildman–Crippen LogP) is 4.60. The maximum Gasteiger partial charge on any atom is 0.0440 e. The third-order valence-electron chi connectivity index (χ3n) is 2.99. The van der Waals surface area contributed by atoms with Gasteiger partial charge in [-0.3, -0.25) is 0 Å². The molecule has 2 rings (SSSR count). The molecule has 1 unspecified atom stereocenters. The van der Waals surface area contributed by atoms with E-state index in [4.69, 9.17) is 0 Å². The van der Waals surface area contributed by atoms with Gasteiger partial charge in [0.1, 0.15) is 0 Å². The van der Waals surface area contributed by atoms with Crippen molar-refractivity contribution in [2.24, 2.45) is 5.92 Å². The minimum atomic E-state index is 0.467. The lowest BCUT2D eigenvalue weighted by Crippen LogP contribution is -2.24. The van der Waals surface area contributed by atoms with Crippen LogP contribution in [-0.2, 0) is 6.54 Å². The fraction of sp³-hybridized carbons (Fsp3) is 0.429. The lowest BCUT2D eigenvalue weighted by Gasteiger charge is -2.21. The van der Waals surface area contributed by atoms with E-state index in [2.05, 4.69) is 54.4 Å². The highest BCUT2D eigenvalue weighted by molar-refractivity contribution is 7.10. The summed E-state index contributed by atoms with van der Waals surface area (Å²) in [4.78, 5) is 1.44. The Hall–Kier alpha value is -0.640. The molecule has 0 amide bonds. The van der Waals surface area contributed by atoms with Crippen molar-refractivity contribution in [3.63, 3.8) is 0 Å². The Balaban J connectivity index is 2.02. The molecule has 0 aliphatic heterocycles. The molecule has 0 aliphatic carbocycles. The van der Waals surface area contributed by atoms with Gasteiger partial charge in [0.05, 0.1) is 0 Å². The van der Waals surface area contributed by atoms with Crippen LogP contribution in [0.2, 0.25) is 0 Å². The normalized spacial score (nSPS) is 13.2. The molecule has 0 aromatic carbocycles. The van der Waals surface area contributed by atoms with E-state index in [9.17, 15) is 0 Å². The van der Waals surface area contributed by atoms with Gasteiger partial charge in [0.15, 0.2) is 0 Å². The SMILES string of the molecule is Cc1cscc1CNC(c1cccs1)C(C)C. The van der Waals surface area contributed by atoms with Crippen LogP contribution in [-0.4, -0.2) is 0 Å². The van der Waals surface area contributed by atoms with Crippen LogP contribution in [0, 0.1) is 12.8 Å². The number of thiophene rings is 2. The first-order valence-corrected chi connectivity index (χ1v) is 7.79. The summed E-state index contributed by atoms with van der Waals surface area (Å²) in [6.07, 6.45) is 0. The van der Waals surface area contributed by atoms with Gasteiger partial charge in [0.25, 0.3) is 0 Å². The van der Waals surface area contributed by atoms with Crippen LogP contribution in [0.1, 0.15) is 35.9 Å². The second-order valence-corrected chi connectivity index (χ2v) is 6.42. The smallest absolute Gasteiger partial charge is 0.0440 e. The van der Waals surface area contributed by atoms with Crippen LogP contribution in [0.25, 0.3) is 0 Å². The van der Waals surface area contributed by atoms with Gasteiger partial charge >= 0.3 is 0 Å². The predicted molar refractivity (Wildman–Crippen MR) is 77.8 cm³/mol. The quantitative estimate of drug-likeness (QED) is 0.832. The average molecular weight is 265 g/mol. The highest BCUT2D eigenvalue weighted by atomic mass is 32.1. The van der Waals surface area contributed by atoms with Gasteiger partial charge in [-0.2, -0.15) is 11.3 Å². The number of rotatable bonds is 5. The highest BCUT2D eigenvalue weighted by Gasteiger charge is 2.16. The van der Waals surface area contributed by atoms with E-state index >= 15 is 0 Å². The third kappa shape index (κ3) is 3.18. The molecule has 1 N–H and O–H groups in total. The summed E-state index contributed by atoms with van der Waals surface area (Å²) < 4.78 is 0. The standard InChI is InChI=1S/C14H19NS2/c1-10(2)14(13-5-4-6-17-13)15-7-12-9-16-8-11(12)3/h4-6,8-10,14-15H,7H2,1-3H3. The zero-order valence-electron chi connectivity index (χ0n) is 10.6. The molecule has 2 heterocycles. The summed E-state index contributed by atoms with van der Waals surface area (Å²) in [7, 11) is 0. The minimum Gasteiger partial charge on any atom is -0.305 e. The first-order valence-electron chi connectivity index (χ1n) is 5.97. The minimum absolute atomic E-state index is 0.467. The second kappa shape index (κ2) is 5.80. The van der Waals surface area contributed by atoms with Crippen LogP contribution in [0.4, 0.5) is 0 Å². The molecule has 2 aromatic heterocycles. The molecular formula is C14H19NS2. The molecule has 0 aliphatic rings. The molecule has 0 saturated heterocycles. The Morgan fingerprint density at radius 3 is 2.65 bits per heavy atom. The Morgan fingerprint density at radius 2 is 2.12 bits per heavy atom. The van der Waals surface area contributed by atoms with E-state index < -0.39 is 0 Å². The van der Waals surface area contributed by atoms with Crippen LogP contribution in [0.3, 0.4) is 0 Å². The Bertz CT molecular complexity index is 442. The van der Waals surface area contributed by atoms with Gasteiger partial charge < -0.3 is 5.32 Å². The summed E-state index contributed by atoms with van der Waals surface area (Å²) in [6, 6.07) is 4.82. The molecule has 1 atom stereocenters. The number of hydrogen-bond donors (Lipinski definition) is 1. The molecule has 0 bridgehead atoms. The number of hydrogen-bond acceptors (Lipinski definition) is 3. The van der Waals surface area contributed by atoms with Crippen molar-refractivity contribution in [2.75, 3.05) is 0 Å². The first kappa shape index (κ1) is 12.8. The van der Waals surface area contributed by atoms with Crippen molar-refractivity contribution in [1.29, 1.82) is 0 Å². The van der Waals surface area contributed by atoms with E-state index in [1.165, 1.54) is 16.0 Å².